The van der Waals surface area contributed by atoms with Crippen molar-refractivity contribution in [3.63, 3.8) is 0 Å². The standard InChI is InChI=1S/C16H13N3O3/c1-22-15(20)11-6-8-13(9-7-11)18-16(21)19-14-5-3-2-4-12(14)10-17-19/h2-10H,1H3,(H,18,21). The number of para-hydroxylation sites is 1. The van der Waals surface area contributed by atoms with Gasteiger partial charge in [0.05, 0.1) is 24.4 Å². The lowest BCUT2D eigenvalue weighted by atomic mass is 10.2. The summed E-state index contributed by atoms with van der Waals surface area (Å²) in [6.45, 7) is 0. The molecule has 0 atom stereocenters. The lowest BCUT2D eigenvalue weighted by Gasteiger charge is -2.06. The second-order valence-electron chi connectivity index (χ2n) is 4.61. The number of esters is 1. The Morgan fingerprint density at radius 2 is 1.82 bits per heavy atom. The summed E-state index contributed by atoms with van der Waals surface area (Å²) < 4.78 is 5.92. The number of amides is 1. The van der Waals surface area contributed by atoms with Gasteiger partial charge in [-0.2, -0.15) is 9.78 Å². The molecular weight excluding hydrogens is 282 g/mol. The SMILES string of the molecule is COC(=O)c1ccc(NC(=O)n2ncc3ccccc32)cc1. The van der Waals surface area contributed by atoms with E-state index in [1.165, 1.54) is 11.8 Å². The average Bonchev–Trinajstić information content (AvgIpc) is 2.99. The monoisotopic (exact) mass is 295 g/mol. The highest BCUT2D eigenvalue weighted by atomic mass is 16.5. The molecule has 110 valence electrons. The van der Waals surface area contributed by atoms with Crippen molar-refractivity contribution < 1.29 is 14.3 Å². The van der Waals surface area contributed by atoms with Crippen LogP contribution < -0.4 is 5.32 Å². The molecule has 0 aliphatic rings. The minimum absolute atomic E-state index is 0.369. The van der Waals surface area contributed by atoms with Crippen molar-refractivity contribution in [1.82, 2.24) is 9.78 Å². The van der Waals surface area contributed by atoms with Gasteiger partial charge in [0.1, 0.15) is 0 Å². The molecule has 0 spiro atoms. The predicted molar refractivity (Wildman–Crippen MR) is 81.9 cm³/mol. The molecule has 3 rings (SSSR count). The highest BCUT2D eigenvalue weighted by Crippen LogP contribution is 2.15. The van der Waals surface area contributed by atoms with E-state index in [0.29, 0.717) is 11.3 Å². The number of benzene rings is 2. The van der Waals surface area contributed by atoms with Crippen LogP contribution in [-0.2, 0) is 4.74 Å². The average molecular weight is 295 g/mol. The first kappa shape index (κ1) is 13.8. The third-order valence-electron chi connectivity index (χ3n) is 3.23. The maximum Gasteiger partial charge on any atom is 0.347 e. The summed E-state index contributed by atoms with van der Waals surface area (Å²) in [6.07, 6.45) is 1.63. The number of rotatable bonds is 2. The Bertz CT molecular complexity index is 837. The number of carbonyl (C=O) groups is 2. The van der Waals surface area contributed by atoms with Gasteiger partial charge in [-0.25, -0.2) is 9.59 Å². The van der Waals surface area contributed by atoms with Gasteiger partial charge >= 0.3 is 12.0 Å². The summed E-state index contributed by atoms with van der Waals surface area (Å²) in [5, 5.41) is 7.70. The van der Waals surface area contributed by atoms with Crippen molar-refractivity contribution in [3.05, 3.63) is 60.3 Å². The largest absolute Gasteiger partial charge is 0.465 e. The summed E-state index contributed by atoms with van der Waals surface area (Å²) in [7, 11) is 1.32. The Hall–Kier alpha value is -3.15. The highest BCUT2D eigenvalue weighted by molar-refractivity contribution is 5.97. The number of hydrogen-bond donors (Lipinski definition) is 1. The van der Waals surface area contributed by atoms with Crippen LogP contribution in [0.5, 0.6) is 0 Å². The zero-order chi connectivity index (χ0) is 15.5. The van der Waals surface area contributed by atoms with Crippen LogP contribution in [0.3, 0.4) is 0 Å². The van der Waals surface area contributed by atoms with E-state index >= 15 is 0 Å². The van der Waals surface area contributed by atoms with Gasteiger partial charge in [0.25, 0.3) is 0 Å². The molecule has 1 aromatic heterocycles. The minimum Gasteiger partial charge on any atom is -0.465 e. The zero-order valence-electron chi connectivity index (χ0n) is 11.8. The van der Waals surface area contributed by atoms with E-state index < -0.39 is 5.97 Å². The third kappa shape index (κ3) is 2.54. The molecule has 0 unspecified atom stereocenters. The van der Waals surface area contributed by atoms with Gasteiger partial charge in [-0.05, 0) is 30.3 Å². The van der Waals surface area contributed by atoms with E-state index in [9.17, 15) is 9.59 Å². The van der Waals surface area contributed by atoms with Crippen LogP contribution in [0.15, 0.2) is 54.7 Å². The molecule has 1 heterocycles. The maximum atomic E-state index is 12.3. The Morgan fingerprint density at radius 1 is 1.09 bits per heavy atom. The van der Waals surface area contributed by atoms with Gasteiger partial charge in [-0.3, -0.25) is 0 Å². The molecule has 0 radical (unpaired) electrons. The fourth-order valence-electron chi connectivity index (χ4n) is 2.12. The first-order chi connectivity index (χ1) is 10.7. The van der Waals surface area contributed by atoms with Crippen molar-refractivity contribution in [1.29, 1.82) is 0 Å². The van der Waals surface area contributed by atoms with Crippen LogP contribution in [0, 0.1) is 0 Å². The van der Waals surface area contributed by atoms with E-state index in [2.05, 4.69) is 15.2 Å². The quantitative estimate of drug-likeness (QED) is 0.738. The summed E-state index contributed by atoms with van der Waals surface area (Å²) in [4.78, 5) is 23.6. The summed E-state index contributed by atoms with van der Waals surface area (Å²) in [5.41, 5.74) is 1.72. The molecule has 0 aliphatic heterocycles. The van der Waals surface area contributed by atoms with Crippen molar-refractivity contribution in [2.45, 2.75) is 0 Å². The van der Waals surface area contributed by atoms with Gasteiger partial charge < -0.3 is 10.1 Å². The van der Waals surface area contributed by atoms with Crippen LogP contribution in [0.2, 0.25) is 0 Å². The van der Waals surface area contributed by atoms with Crippen LogP contribution in [0.4, 0.5) is 10.5 Å². The second kappa shape index (κ2) is 5.69. The Balaban J connectivity index is 1.81. The predicted octanol–water partition coefficient (Wildman–Crippen LogP) is 2.90. The lowest BCUT2D eigenvalue weighted by molar-refractivity contribution is 0.0601. The summed E-state index contributed by atoms with van der Waals surface area (Å²) in [5.74, 6) is -0.420. The van der Waals surface area contributed by atoms with Gasteiger partial charge in [-0.15, -0.1) is 0 Å². The molecule has 6 nitrogen and oxygen atoms in total. The van der Waals surface area contributed by atoms with Crippen molar-refractivity contribution in [2.24, 2.45) is 0 Å². The van der Waals surface area contributed by atoms with Gasteiger partial charge in [0.2, 0.25) is 0 Å². The molecule has 0 saturated carbocycles. The maximum absolute atomic E-state index is 12.3. The van der Waals surface area contributed by atoms with E-state index in [1.54, 1.807) is 30.5 Å². The smallest absolute Gasteiger partial charge is 0.347 e. The lowest BCUT2D eigenvalue weighted by Crippen LogP contribution is -2.20. The molecule has 1 amide bonds. The minimum atomic E-state index is -0.420. The van der Waals surface area contributed by atoms with Crippen LogP contribution in [0.1, 0.15) is 10.4 Å². The first-order valence-corrected chi connectivity index (χ1v) is 6.61. The number of aromatic nitrogens is 2. The topological polar surface area (TPSA) is 73.2 Å². The number of carbonyl (C=O) groups excluding carboxylic acids is 2. The molecule has 22 heavy (non-hydrogen) atoms. The molecule has 6 heteroatoms. The van der Waals surface area contributed by atoms with Gasteiger partial charge in [-0.1, -0.05) is 18.2 Å². The molecule has 3 aromatic rings. The molecule has 0 bridgehead atoms. The number of fused-ring (bicyclic) bond motifs is 1. The Kier molecular flexibility index (Phi) is 3.57. The van der Waals surface area contributed by atoms with Crippen LogP contribution >= 0.6 is 0 Å². The second-order valence-corrected chi connectivity index (χ2v) is 4.61. The first-order valence-electron chi connectivity index (χ1n) is 6.61. The van der Waals surface area contributed by atoms with E-state index in [1.807, 2.05) is 24.3 Å². The van der Waals surface area contributed by atoms with E-state index in [-0.39, 0.29) is 6.03 Å². The van der Waals surface area contributed by atoms with Crippen LogP contribution in [0.25, 0.3) is 10.9 Å². The Labute approximate surface area is 126 Å². The molecule has 0 aliphatic carbocycles. The molecule has 2 aromatic carbocycles. The normalized spacial score (nSPS) is 10.4. The number of anilines is 1. The molecular formula is C16H13N3O3. The molecule has 1 N–H and O–H groups in total. The number of nitrogens with zero attached hydrogens (tertiary/aromatic N) is 2. The summed E-state index contributed by atoms with van der Waals surface area (Å²) in [6, 6.07) is 13.5. The fraction of sp³-hybridized carbons (Fsp3) is 0.0625. The fourth-order valence-corrected chi connectivity index (χ4v) is 2.12. The Morgan fingerprint density at radius 3 is 2.55 bits per heavy atom. The van der Waals surface area contributed by atoms with Crippen LogP contribution in [-0.4, -0.2) is 28.9 Å². The van der Waals surface area contributed by atoms with E-state index in [0.717, 1.165) is 10.9 Å². The van der Waals surface area contributed by atoms with Crippen molar-refractivity contribution >= 4 is 28.6 Å². The number of methoxy groups -OCH3 is 1. The van der Waals surface area contributed by atoms with Gasteiger partial charge in [0, 0.05) is 11.1 Å². The van der Waals surface area contributed by atoms with Gasteiger partial charge in [0.15, 0.2) is 0 Å². The third-order valence-corrected chi connectivity index (χ3v) is 3.23. The van der Waals surface area contributed by atoms with Crippen molar-refractivity contribution in [2.75, 3.05) is 12.4 Å². The number of ether oxygens (including phenoxy) is 1. The van der Waals surface area contributed by atoms with Crippen molar-refractivity contribution in [3.8, 4) is 0 Å². The highest BCUT2D eigenvalue weighted by Gasteiger charge is 2.11. The number of hydrogen-bond acceptors (Lipinski definition) is 4. The number of nitrogens with one attached hydrogen (secondary N) is 1. The molecule has 0 saturated heterocycles. The zero-order valence-corrected chi connectivity index (χ0v) is 11.8. The molecule has 0 fully saturated rings. The summed E-state index contributed by atoms with van der Waals surface area (Å²) >= 11 is 0. The van der Waals surface area contributed by atoms with E-state index in [4.69, 9.17) is 0 Å².